The van der Waals surface area contributed by atoms with Crippen molar-refractivity contribution in [1.82, 2.24) is 9.80 Å². The van der Waals surface area contributed by atoms with Gasteiger partial charge in [0.15, 0.2) is 0 Å². The fourth-order valence-corrected chi connectivity index (χ4v) is 3.73. The highest BCUT2D eigenvalue weighted by Gasteiger charge is 2.41. The summed E-state index contributed by atoms with van der Waals surface area (Å²) in [5.74, 6) is 0.669. The summed E-state index contributed by atoms with van der Waals surface area (Å²) < 4.78 is 5.78. The molecule has 0 aromatic rings. The van der Waals surface area contributed by atoms with Crippen LogP contribution in [0.15, 0.2) is 0 Å². The zero-order chi connectivity index (χ0) is 13.4. The van der Waals surface area contributed by atoms with E-state index in [0.29, 0.717) is 18.4 Å². The molecular formula is C14H26ClN3O2. The molecule has 2 N–H and O–H groups in total. The Morgan fingerprint density at radius 1 is 1.35 bits per heavy atom. The van der Waals surface area contributed by atoms with Crippen molar-refractivity contribution in [1.29, 1.82) is 0 Å². The van der Waals surface area contributed by atoms with Gasteiger partial charge in [0.2, 0.25) is 5.91 Å². The van der Waals surface area contributed by atoms with Crippen LogP contribution in [0.1, 0.15) is 25.7 Å². The highest BCUT2D eigenvalue weighted by atomic mass is 35.5. The average molecular weight is 304 g/mol. The largest absolute Gasteiger partial charge is 0.373 e. The first-order valence-electron chi connectivity index (χ1n) is 7.50. The number of likely N-dealkylation sites (tertiary alicyclic amines) is 1. The summed E-state index contributed by atoms with van der Waals surface area (Å²) in [6.07, 6.45) is 4.21. The van der Waals surface area contributed by atoms with Gasteiger partial charge in [0.25, 0.3) is 0 Å². The summed E-state index contributed by atoms with van der Waals surface area (Å²) in [6, 6.07) is 0.614. The predicted octanol–water partition coefficient (Wildman–Crippen LogP) is 0.467. The van der Waals surface area contributed by atoms with Crippen molar-refractivity contribution in [2.75, 3.05) is 33.3 Å². The lowest BCUT2D eigenvalue weighted by Gasteiger charge is -2.33. The number of carbonyl (C=O) groups excluding carboxylic acids is 1. The van der Waals surface area contributed by atoms with Gasteiger partial charge in [-0.25, -0.2) is 0 Å². The lowest BCUT2D eigenvalue weighted by atomic mass is 9.99. The molecule has 2 aliphatic heterocycles. The Balaban J connectivity index is 0.00000147. The number of likely N-dealkylation sites (N-methyl/N-ethyl adjacent to an activating group) is 1. The van der Waals surface area contributed by atoms with Crippen LogP contribution in [0, 0.1) is 5.92 Å². The molecular weight excluding hydrogens is 278 g/mol. The minimum Gasteiger partial charge on any atom is -0.373 e. The molecule has 4 atom stereocenters. The van der Waals surface area contributed by atoms with Crippen molar-refractivity contribution in [3.8, 4) is 0 Å². The highest BCUT2D eigenvalue weighted by Crippen LogP contribution is 2.29. The topological polar surface area (TPSA) is 58.8 Å². The van der Waals surface area contributed by atoms with Gasteiger partial charge < -0.3 is 15.4 Å². The SMILES string of the molecule is CN1CCO[C@@H]2CN(C(=O)C[C@@H]3CCC[C@H]3N)C[C@@H]21.Cl. The van der Waals surface area contributed by atoms with Crippen LogP contribution in [0.4, 0.5) is 0 Å². The minimum absolute atomic E-state index is 0. The first-order chi connectivity index (χ1) is 9.15. The van der Waals surface area contributed by atoms with E-state index in [-0.39, 0.29) is 30.5 Å². The van der Waals surface area contributed by atoms with Crippen molar-refractivity contribution in [3.63, 3.8) is 0 Å². The minimum atomic E-state index is 0. The molecule has 1 amide bonds. The van der Waals surface area contributed by atoms with E-state index in [1.54, 1.807) is 0 Å². The number of nitrogens with two attached hydrogens (primary N) is 1. The number of hydrogen-bond acceptors (Lipinski definition) is 4. The number of amides is 1. The Labute approximate surface area is 127 Å². The Kier molecular flexibility index (Phi) is 5.29. The third kappa shape index (κ3) is 3.11. The molecule has 3 rings (SSSR count). The highest BCUT2D eigenvalue weighted by molar-refractivity contribution is 5.85. The molecule has 0 unspecified atom stereocenters. The number of fused-ring (bicyclic) bond motifs is 1. The van der Waals surface area contributed by atoms with Gasteiger partial charge in [0.05, 0.1) is 18.8 Å². The van der Waals surface area contributed by atoms with Crippen LogP contribution in [-0.2, 0) is 9.53 Å². The number of morpholine rings is 1. The van der Waals surface area contributed by atoms with Crippen LogP contribution in [0.25, 0.3) is 0 Å². The Morgan fingerprint density at radius 2 is 2.15 bits per heavy atom. The summed E-state index contributed by atoms with van der Waals surface area (Å²) in [4.78, 5) is 16.7. The van der Waals surface area contributed by atoms with Crippen molar-refractivity contribution in [2.24, 2.45) is 11.7 Å². The van der Waals surface area contributed by atoms with E-state index in [1.807, 2.05) is 4.90 Å². The molecule has 2 saturated heterocycles. The van der Waals surface area contributed by atoms with Crippen LogP contribution in [0.5, 0.6) is 0 Å². The van der Waals surface area contributed by atoms with Gasteiger partial charge in [0.1, 0.15) is 0 Å². The summed E-state index contributed by atoms with van der Waals surface area (Å²) >= 11 is 0. The third-order valence-electron chi connectivity index (χ3n) is 5.09. The molecule has 0 aromatic heterocycles. The van der Waals surface area contributed by atoms with Gasteiger partial charge in [0, 0.05) is 32.1 Å². The van der Waals surface area contributed by atoms with E-state index in [1.165, 1.54) is 6.42 Å². The number of carbonyl (C=O) groups is 1. The summed E-state index contributed by atoms with van der Waals surface area (Å²) in [6.45, 7) is 3.33. The third-order valence-corrected chi connectivity index (χ3v) is 5.09. The van der Waals surface area contributed by atoms with Crippen LogP contribution in [0.3, 0.4) is 0 Å². The maximum atomic E-state index is 12.4. The second kappa shape index (κ2) is 6.60. The molecule has 1 saturated carbocycles. The normalized spacial score (nSPS) is 37.6. The van der Waals surface area contributed by atoms with Crippen molar-refractivity contribution in [2.45, 2.75) is 43.9 Å². The second-order valence-corrected chi connectivity index (χ2v) is 6.31. The molecule has 116 valence electrons. The van der Waals surface area contributed by atoms with E-state index in [9.17, 15) is 4.79 Å². The van der Waals surface area contributed by atoms with E-state index in [2.05, 4.69) is 11.9 Å². The molecule has 6 heteroatoms. The smallest absolute Gasteiger partial charge is 0.223 e. The van der Waals surface area contributed by atoms with Crippen molar-refractivity contribution < 1.29 is 9.53 Å². The molecule has 0 aromatic carbocycles. The lowest BCUT2D eigenvalue weighted by Crippen LogP contribution is -2.48. The van der Waals surface area contributed by atoms with E-state index < -0.39 is 0 Å². The molecule has 3 aliphatic rings. The Bertz CT molecular complexity index is 355. The molecule has 3 fully saturated rings. The van der Waals surface area contributed by atoms with Crippen LogP contribution in [-0.4, -0.2) is 67.2 Å². The number of rotatable bonds is 2. The van der Waals surface area contributed by atoms with Gasteiger partial charge in [-0.15, -0.1) is 12.4 Å². The van der Waals surface area contributed by atoms with Crippen LogP contribution in [0.2, 0.25) is 0 Å². The summed E-state index contributed by atoms with van der Waals surface area (Å²) in [7, 11) is 2.13. The average Bonchev–Trinajstić information content (AvgIpc) is 2.97. The fraction of sp³-hybridized carbons (Fsp3) is 0.929. The maximum absolute atomic E-state index is 12.4. The maximum Gasteiger partial charge on any atom is 0.223 e. The number of hydrogen-bond donors (Lipinski definition) is 1. The quantitative estimate of drug-likeness (QED) is 0.805. The molecule has 5 nitrogen and oxygen atoms in total. The summed E-state index contributed by atoms with van der Waals surface area (Å²) in [5, 5.41) is 0. The first kappa shape index (κ1) is 16.0. The van der Waals surface area contributed by atoms with Crippen molar-refractivity contribution in [3.05, 3.63) is 0 Å². The van der Waals surface area contributed by atoms with E-state index >= 15 is 0 Å². The van der Waals surface area contributed by atoms with Crippen molar-refractivity contribution >= 4 is 18.3 Å². The zero-order valence-corrected chi connectivity index (χ0v) is 13.0. The Hall–Kier alpha value is -0.360. The number of nitrogens with zero attached hydrogens (tertiary/aromatic N) is 2. The molecule has 0 spiro atoms. The second-order valence-electron chi connectivity index (χ2n) is 6.31. The van der Waals surface area contributed by atoms with Crippen LogP contribution < -0.4 is 5.73 Å². The van der Waals surface area contributed by atoms with E-state index in [4.69, 9.17) is 10.5 Å². The van der Waals surface area contributed by atoms with Gasteiger partial charge in [-0.2, -0.15) is 0 Å². The first-order valence-corrected chi connectivity index (χ1v) is 7.50. The Morgan fingerprint density at radius 3 is 2.80 bits per heavy atom. The molecule has 0 bridgehead atoms. The lowest BCUT2D eigenvalue weighted by molar-refractivity contribution is -0.131. The van der Waals surface area contributed by atoms with Gasteiger partial charge >= 0.3 is 0 Å². The zero-order valence-electron chi connectivity index (χ0n) is 12.2. The number of ether oxygens (including phenoxy) is 1. The monoisotopic (exact) mass is 303 g/mol. The van der Waals surface area contributed by atoms with E-state index in [0.717, 1.165) is 39.1 Å². The number of halogens is 1. The predicted molar refractivity (Wildman–Crippen MR) is 79.9 cm³/mol. The summed E-state index contributed by atoms with van der Waals surface area (Å²) in [5.41, 5.74) is 6.06. The molecule has 0 radical (unpaired) electrons. The van der Waals surface area contributed by atoms with Gasteiger partial charge in [-0.1, -0.05) is 6.42 Å². The standard InChI is InChI=1S/C14H25N3O2.ClH/c1-16-5-6-19-13-9-17(8-12(13)16)14(18)7-10-3-2-4-11(10)15;/h10-13H,2-9,15H2,1H3;1H/t10-,11+,12-,13+;/m0./s1. The molecule has 20 heavy (non-hydrogen) atoms. The fourth-order valence-electron chi connectivity index (χ4n) is 3.73. The van der Waals surface area contributed by atoms with Gasteiger partial charge in [-0.3, -0.25) is 9.69 Å². The molecule has 2 heterocycles. The van der Waals surface area contributed by atoms with Crippen LogP contribution >= 0.6 is 12.4 Å². The van der Waals surface area contributed by atoms with Gasteiger partial charge in [-0.05, 0) is 25.8 Å². The molecule has 1 aliphatic carbocycles.